The second-order valence-electron chi connectivity index (χ2n) is 7.95. The summed E-state index contributed by atoms with van der Waals surface area (Å²) in [5, 5.41) is 2.95. The molecule has 0 saturated carbocycles. The molecule has 0 aromatic heterocycles. The van der Waals surface area contributed by atoms with Gasteiger partial charge in [0, 0.05) is 0 Å². The number of hydrogen-bond acceptors (Lipinski definition) is 4. The van der Waals surface area contributed by atoms with E-state index in [-0.39, 0.29) is 24.4 Å². The van der Waals surface area contributed by atoms with Gasteiger partial charge in [-0.3, -0.25) is 9.10 Å². The Hall–Kier alpha value is -2.54. The van der Waals surface area contributed by atoms with Crippen LogP contribution >= 0.6 is 0 Å². The number of ether oxygens (including phenoxy) is 1. The second-order valence-corrected chi connectivity index (χ2v) is 9.86. The number of benzene rings is 2. The molecular weight excluding hydrogens is 400 g/mol. The first kappa shape index (κ1) is 23.7. The summed E-state index contributed by atoms with van der Waals surface area (Å²) in [4.78, 5) is 12.8. The van der Waals surface area contributed by atoms with E-state index < -0.39 is 10.0 Å². The first-order chi connectivity index (χ1) is 14.0. The van der Waals surface area contributed by atoms with Crippen LogP contribution < -0.4 is 14.4 Å². The third-order valence-corrected chi connectivity index (χ3v) is 6.28. The lowest BCUT2D eigenvalue weighted by molar-refractivity contribution is -0.120. The predicted molar refractivity (Wildman–Crippen MR) is 122 cm³/mol. The number of hydrogen-bond donors (Lipinski definition) is 1. The minimum Gasteiger partial charge on any atom is -0.496 e. The SMILES string of the molecule is COc1cc(C)c([C@H](C)NC(=O)CN(c2ccccc2C)S(C)(=O)=O)cc1C(C)C. The maximum Gasteiger partial charge on any atom is 0.241 e. The molecule has 1 atom stereocenters. The van der Waals surface area contributed by atoms with Gasteiger partial charge in [0.2, 0.25) is 15.9 Å². The number of rotatable bonds is 8. The molecule has 0 saturated heterocycles. The highest BCUT2D eigenvalue weighted by Crippen LogP contribution is 2.32. The molecule has 0 aliphatic heterocycles. The summed E-state index contributed by atoms with van der Waals surface area (Å²) in [5.74, 6) is 0.731. The van der Waals surface area contributed by atoms with Crippen LogP contribution in [-0.2, 0) is 14.8 Å². The summed E-state index contributed by atoms with van der Waals surface area (Å²) in [5.41, 5.74) is 4.34. The third-order valence-electron chi connectivity index (χ3n) is 5.16. The van der Waals surface area contributed by atoms with Gasteiger partial charge in [0.25, 0.3) is 0 Å². The first-order valence-corrected chi connectivity index (χ1v) is 11.8. The van der Waals surface area contributed by atoms with Crippen molar-refractivity contribution in [2.75, 3.05) is 24.2 Å². The number of methoxy groups -OCH3 is 1. The van der Waals surface area contributed by atoms with Crippen LogP contribution in [0.15, 0.2) is 36.4 Å². The first-order valence-electron chi connectivity index (χ1n) is 9.96. The molecule has 1 amide bonds. The Morgan fingerprint density at radius 3 is 2.23 bits per heavy atom. The van der Waals surface area contributed by atoms with E-state index in [0.29, 0.717) is 5.69 Å². The fraction of sp³-hybridized carbons (Fsp3) is 0.435. The van der Waals surface area contributed by atoms with Crippen molar-refractivity contribution < 1.29 is 17.9 Å². The zero-order valence-corrected chi connectivity index (χ0v) is 19.6. The molecule has 0 aliphatic carbocycles. The molecule has 0 radical (unpaired) electrons. The van der Waals surface area contributed by atoms with Gasteiger partial charge >= 0.3 is 0 Å². The van der Waals surface area contributed by atoms with E-state index in [1.807, 2.05) is 39.0 Å². The van der Waals surface area contributed by atoms with Crippen LogP contribution in [0.3, 0.4) is 0 Å². The molecule has 0 spiro atoms. The standard InChI is InChI=1S/C23H32N2O4S/c1-15(2)19-13-20(17(4)12-22(19)29-6)18(5)24-23(26)14-25(30(7,27)28)21-11-9-8-10-16(21)3/h8-13,15,18H,14H2,1-7H3,(H,24,26)/t18-/m0/s1. The van der Waals surface area contributed by atoms with E-state index in [4.69, 9.17) is 4.74 Å². The minimum atomic E-state index is -3.62. The maximum atomic E-state index is 12.8. The topological polar surface area (TPSA) is 75.7 Å². The Labute approximate surface area is 180 Å². The smallest absolute Gasteiger partial charge is 0.241 e. The molecular formula is C23H32N2O4S. The lowest BCUT2D eigenvalue weighted by Gasteiger charge is -2.25. The number of sulfonamides is 1. The predicted octanol–water partition coefficient (Wildman–Crippen LogP) is 4.08. The zero-order chi connectivity index (χ0) is 22.6. The van der Waals surface area contributed by atoms with Crippen molar-refractivity contribution >= 4 is 21.6 Å². The Kier molecular flexibility index (Phi) is 7.53. The molecule has 0 aliphatic rings. The number of aryl methyl sites for hydroxylation is 2. The molecule has 7 heteroatoms. The van der Waals surface area contributed by atoms with Crippen molar-refractivity contribution in [2.24, 2.45) is 0 Å². The van der Waals surface area contributed by atoms with E-state index in [1.54, 1.807) is 19.2 Å². The molecule has 2 rings (SSSR count). The number of anilines is 1. The summed E-state index contributed by atoms with van der Waals surface area (Å²) >= 11 is 0. The monoisotopic (exact) mass is 432 g/mol. The highest BCUT2D eigenvalue weighted by atomic mass is 32.2. The van der Waals surface area contributed by atoms with Crippen molar-refractivity contribution in [2.45, 2.75) is 46.6 Å². The summed E-state index contributed by atoms with van der Waals surface area (Å²) in [6, 6.07) is 10.9. The molecule has 0 heterocycles. The van der Waals surface area contributed by atoms with Gasteiger partial charge in [-0.25, -0.2) is 8.42 Å². The lowest BCUT2D eigenvalue weighted by atomic mass is 9.93. The minimum absolute atomic E-state index is 0.268. The quantitative estimate of drug-likeness (QED) is 0.682. The van der Waals surface area contributed by atoms with Crippen molar-refractivity contribution in [1.29, 1.82) is 0 Å². The number of nitrogens with one attached hydrogen (secondary N) is 1. The number of carbonyl (C=O) groups excluding carboxylic acids is 1. The van der Waals surface area contributed by atoms with E-state index in [2.05, 4.69) is 25.2 Å². The van der Waals surface area contributed by atoms with Crippen molar-refractivity contribution in [1.82, 2.24) is 5.32 Å². The van der Waals surface area contributed by atoms with Crippen molar-refractivity contribution in [3.63, 3.8) is 0 Å². The molecule has 2 aromatic rings. The van der Waals surface area contributed by atoms with Gasteiger partial charge in [0.15, 0.2) is 0 Å². The Morgan fingerprint density at radius 1 is 1.07 bits per heavy atom. The van der Waals surface area contributed by atoms with Gasteiger partial charge in [-0.1, -0.05) is 32.0 Å². The molecule has 1 N–H and O–H groups in total. The van der Waals surface area contributed by atoms with Crippen LogP contribution in [0.5, 0.6) is 5.75 Å². The van der Waals surface area contributed by atoms with Crippen molar-refractivity contribution in [3.8, 4) is 5.75 Å². The van der Waals surface area contributed by atoms with E-state index >= 15 is 0 Å². The molecule has 2 aromatic carbocycles. The number of carbonyl (C=O) groups is 1. The van der Waals surface area contributed by atoms with Crippen LogP contribution in [0, 0.1) is 13.8 Å². The summed E-state index contributed by atoms with van der Waals surface area (Å²) in [6.45, 7) is 9.59. The normalized spacial score (nSPS) is 12.5. The fourth-order valence-corrected chi connectivity index (χ4v) is 4.44. The lowest BCUT2D eigenvalue weighted by Crippen LogP contribution is -2.41. The van der Waals surface area contributed by atoms with E-state index in [0.717, 1.165) is 38.6 Å². The molecule has 0 fully saturated rings. The number of para-hydroxylation sites is 1. The summed E-state index contributed by atoms with van der Waals surface area (Å²) in [6.07, 6.45) is 1.11. The van der Waals surface area contributed by atoms with E-state index in [9.17, 15) is 13.2 Å². The average Bonchev–Trinajstić information content (AvgIpc) is 2.65. The van der Waals surface area contributed by atoms with E-state index in [1.165, 1.54) is 0 Å². The molecule has 30 heavy (non-hydrogen) atoms. The molecule has 6 nitrogen and oxygen atoms in total. The van der Waals surface area contributed by atoms with Gasteiger partial charge in [-0.05, 0) is 67.1 Å². The van der Waals surface area contributed by atoms with Crippen LogP contribution in [-0.4, -0.2) is 34.2 Å². The van der Waals surface area contributed by atoms with Crippen LogP contribution in [0.1, 0.15) is 55.0 Å². The number of nitrogens with zero attached hydrogens (tertiary/aromatic N) is 1. The van der Waals surface area contributed by atoms with Crippen LogP contribution in [0.2, 0.25) is 0 Å². The number of amides is 1. The highest BCUT2D eigenvalue weighted by Gasteiger charge is 2.24. The average molecular weight is 433 g/mol. The fourth-order valence-electron chi connectivity index (χ4n) is 3.53. The zero-order valence-electron chi connectivity index (χ0n) is 18.8. The molecule has 164 valence electrons. The molecule has 0 unspecified atom stereocenters. The summed E-state index contributed by atoms with van der Waals surface area (Å²) in [7, 11) is -1.97. The van der Waals surface area contributed by atoms with Crippen LogP contribution in [0.25, 0.3) is 0 Å². The maximum absolute atomic E-state index is 12.8. The Bertz CT molecular complexity index is 1020. The largest absolute Gasteiger partial charge is 0.496 e. The highest BCUT2D eigenvalue weighted by molar-refractivity contribution is 7.92. The van der Waals surface area contributed by atoms with Gasteiger partial charge in [0.1, 0.15) is 12.3 Å². The van der Waals surface area contributed by atoms with Crippen molar-refractivity contribution in [3.05, 3.63) is 58.7 Å². The van der Waals surface area contributed by atoms with Gasteiger partial charge in [-0.2, -0.15) is 0 Å². The van der Waals surface area contributed by atoms with Gasteiger partial charge in [0.05, 0.1) is 25.1 Å². The molecule has 0 bridgehead atoms. The second kappa shape index (κ2) is 9.51. The van der Waals surface area contributed by atoms with Crippen LogP contribution in [0.4, 0.5) is 5.69 Å². The Morgan fingerprint density at radius 2 is 1.70 bits per heavy atom. The Balaban J connectivity index is 2.27. The summed E-state index contributed by atoms with van der Waals surface area (Å²) < 4.78 is 31.3. The third kappa shape index (κ3) is 5.53. The van der Waals surface area contributed by atoms with Gasteiger partial charge < -0.3 is 10.1 Å². The van der Waals surface area contributed by atoms with Gasteiger partial charge in [-0.15, -0.1) is 0 Å².